The quantitative estimate of drug-likeness (QED) is 0.762. The first-order valence-corrected chi connectivity index (χ1v) is 8.41. The lowest BCUT2D eigenvalue weighted by molar-refractivity contribution is -0.129. The summed E-state index contributed by atoms with van der Waals surface area (Å²) in [6.45, 7) is 1.51. The molecule has 2 aromatic carbocycles. The van der Waals surface area contributed by atoms with Gasteiger partial charge in [0.15, 0.2) is 0 Å². The Balaban J connectivity index is 1.60. The van der Waals surface area contributed by atoms with Crippen LogP contribution in [0.25, 0.3) is 17.0 Å². The van der Waals surface area contributed by atoms with Crippen LogP contribution >= 0.6 is 0 Å². The average molecular weight is 346 g/mol. The van der Waals surface area contributed by atoms with Gasteiger partial charge >= 0.3 is 0 Å². The zero-order valence-corrected chi connectivity index (χ0v) is 14.3. The molecular weight excluding hydrogens is 328 g/mol. The number of H-pyrrole nitrogens is 1. The van der Waals surface area contributed by atoms with E-state index in [1.54, 1.807) is 17.3 Å². The Labute approximate surface area is 150 Å². The molecule has 0 radical (unpaired) electrons. The minimum Gasteiger partial charge on any atom is -0.324 e. The lowest BCUT2D eigenvalue weighted by Crippen LogP contribution is -2.33. The second-order valence-electron chi connectivity index (χ2n) is 6.28. The summed E-state index contributed by atoms with van der Waals surface area (Å²) >= 11 is 0. The van der Waals surface area contributed by atoms with Crippen LogP contribution in [0, 0.1) is 0 Å². The van der Waals surface area contributed by atoms with Crippen LogP contribution in [0.2, 0.25) is 0 Å². The molecular formula is C20H18N4O2. The van der Waals surface area contributed by atoms with Crippen molar-refractivity contribution in [1.29, 1.82) is 0 Å². The number of nitrogens with one attached hydrogen (secondary N) is 2. The lowest BCUT2D eigenvalue weighted by atomic mass is 9.93. The zero-order valence-electron chi connectivity index (χ0n) is 14.3. The van der Waals surface area contributed by atoms with Crippen LogP contribution in [0.15, 0.2) is 54.9 Å². The van der Waals surface area contributed by atoms with Crippen LogP contribution in [-0.4, -0.2) is 26.9 Å². The molecule has 0 saturated heterocycles. The topological polar surface area (TPSA) is 78.1 Å². The van der Waals surface area contributed by atoms with E-state index in [0.717, 1.165) is 22.0 Å². The SMILES string of the molecule is CC(=O)N1C=Cc2ccccc2[C@@H]1CC(=O)Nc1cccc2cn[nH]c12. The van der Waals surface area contributed by atoms with Gasteiger partial charge in [0, 0.05) is 18.5 Å². The van der Waals surface area contributed by atoms with Gasteiger partial charge in [0.05, 0.1) is 29.9 Å². The molecule has 2 N–H and O–H groups in total. The highest BCUT2D eigenvalue weighted by Gasteiger charge is 2.28. The number of hydrogen-bond acceptors (Lipinski definition) is 3. The van der Waals surface area contributed by atoms with Gasteiger partial charge in [0.25, 0.3) is 0 Å². The fraction of sp³-hybridized carbons (Fsp3) is 0.150. The van der Waals surface area contributed by atoms with Gasteiger partial charge in [-0.1, -0.05) is 36.4 Å². The predicted molar refractivity (Wildman–Crippen MR) is 100 cm³/mol. The minimum absolute atomic E-state index is 0.0933. The lowest BCUT2D eigenvalue weighted by Gasteiger charge is -2.32. The van der Waals surface area contributed by atoms with Crippen molar-refractivity contribution < 1.29 is 9.59 Å². The van der Waals surface area contributed by atoms with Crippen LogP contribution in [0.1, 0.15) is 30.5 Å². The molecule has 26 heavy (non-hydrogen) atoms. The number of nitrogens with zero attached hydrogens (tertiary/aromatic N) is 2. The van der Waals surface area contributed by atoms with Crippen LogP contribution in [-0.2, 0) is 9.59 Å². The molecule has 6 nitrogen and oxygen atoms in total. The first-order valence-electron chi connectivity index (χ1n) is 8.41. The number of hydrogen-bond donors (Lipinski definition) is 2. The second-order valence-corrected chi connectivity index (χ2v) is 6.28. The summed E-state index contributed by atoms with van der Waals surface area (Å²) in [5, 5.41) is 10.8. The Morgan fingerprint density at radius 3 is 2.88 bits per heavy atom. The second kappa shape index (κ2) is 6.48. The van der Waals surface area contributed by atoms with Crippen LogP contribution in [0.3, 0.4) is 0 Å². The van der Waals surface area contributed by atoms with E-state index >= 15 is 0 Å². The van der Waals surface area contributed by atoms with Crippen molar-refractivity contribution in [2.75, 3.05) is 5.32 Å². The molecule has 1 aromatic heterocycles. The molecule has 0 unspecified atom stereocenters. The third-order valence-corrected chi connectivity index (χ3v) is 4.60. The Bertz CT molecular complexity index is 1020. The van der Waals surface area contributed by atoms with Crippen molar-refractivity contribution in [3.05, 3.63) is 66.0 Å². The minimum atomic E-state index is -0.324. The molecule has 3 aromatic rings. The normalized spacial score (nSPS) is 15.7. The Morgan fingerprint density at radius 2 is 2.04 bits per heavy atom. The molecule has 6 heteroatoms. The van der Waals surface area contributed by atoms with Crippen LogP contribution in [0.5, 0.6) is 0 Å². The smallest absolute Gasteiger partial charge is 0.226 e. The molecule has 0 fully saturated rings. The van der Waals surface area contributed by atoms with Gasteiger partial charge < -0.3 is 10.2 Å². The highest BCUT2D eigenvalue weighted by molar-refractivity contribution is 6.00. The third kappa shape index (κ3) is 2.86. The molecule has 1 atom stereocenters. The summed E-state index contributed by atoms with van der Waals surface area (Å²) in [5.74, 6) is -0.252. The van der Waals surface area contributed by atoms with Gasteiger partial charge in [0.2, 0.25) is 11.8 Å². The largest absolute Gasteiger partial charge is 0.324 e. The van der Waals surface area contributed by atoms with Crippen molar-refractivity contribution in [2.24, 2.45) is 0 Å². The van der Waals surface area contributed by atoms with E-state index in [4.69, 9.17) is 0 Å². The van der Waals surface area contributed by atoms with Crippen LogP contribution < -0.4 is 5.32 Å². The molecule has 4 rings (SSSR count). The molecule has 2 amide bonds. The maximum Gasteiger partial charge on any atom is 0.226 e. The number of aromatic amines is 1. The molecule has 1 aliphatic heterocycles. The Morgan fingerprint density at radius 1 is 1.19 bits per heavy atom. The molecule has 0 bridgehead atoms. The summed E-state index contributed by atoms with van der Waals surface area (Å²) in [6.07, 6.45) is 5.53. The average Bonchev–Trinajstić information content (AvgIpc) is 3.11. The van der Waals surface area contributed by atoms with Gasteiger partial charge in [-0.25, -0.2) is 0 Å². The summed E-state index contributed by atoms with van der Waals surface area (Å²) in [6, 6.07) is 13.1. The fourth-order valence-corrected chi connectivity index (χ4v) is 3.36. The number of fused-ring (bicyclic) bond motifs is 2. The van der Waals surface area contributed by atoms with Crippen LogP contribution in [0.4, 0.5) is 5.69 Å². The summed E-state index contributed by atoms with van der Waals surface area (Å²) < 4.78 is 0. The third-order valence-electron chi connectivity index (χ3n) is 4.60. The van der Waals surface area contributed by atoms with E-state index in [0.29, 0.717) is 5.69 Å². The molecule has 0 saturated carbocycles. The maximum absolute atomic E-state index is 12.7. The number of anilines is 1. The van der Waals surface area contributed by atoms with Crippen molar-refractivity contribution >= 4 is 34.5 Å². The first kappa shape index (κ1) is 16.1. The molecule has 0 spiro atoms. The summed E-state index contributed by atoms with van der Waals surface area (Å²) in [5.41, 5.74) is 3.46. The highest BCUT2D eigenvalue weighted by atomic mass is 16.2. The Hall–Kier alpha value is -3.41. The standard InChI is InChI=1S/C20H18N4O2/c1-13(25)24-10-9-14-5-2-3-7-16(14)18(24)11-19(26)22-17-8-4-6-15-12-21-23-20(15)17/h2-10,12,18H,11H2,1H3,(H,21,23)(H,22,26)/t18-/m0/s1. The van der Waals surface area contributed by atoms with E-state index in [-0.39, 0.29) is 24.3 Å². The maximum atomic E-state index is 12.7. The molecule has 130 valence electrons. The highest BCUT2D eigenvalue weighted by Crippen LogP contribution is 2.33. The number of benzene rings is 2. The van der Waals surface area contributed by atoms with Gasteiger partial charge in [-0.3, -0.25) is 14.7 Å². The summed E-state index contributed by atoms with van der Waals surface area (Å²) in [7, 11) is 0. The summed E-state index contributed by atoms with van der Waals surface area (Å²) in [4.78, 5) is 26.4. The van der Waals surface area contributed by atoms with Gasteiger partial charge in [-0.15, -0.1) is 0 Å². The number of carbonyl (C=O) groups is 2. The fourth-order valence-electron chi connectivity index (χ4n) is 3.36. The zero-order chi connectivity index (χ0) is 18.1. The van der Waals surface area contributed by atoms with E-state index in [1.807, 2.05) is 48.5 Å². The number of amides is 2. The monoisotopic (exact) mass is 346 g/mol. The van der Waals surface area contributed by atoms with Crippen molar-refractivity contribution in [3.63, 3.8) is 0 Å². The van der Waals surface area contributed by atoms with E-state index in [1.165, 1.54) is 6.92 Å². The number of rotatable bonds is 3. The van der Waals surface area contributed by atoms with E-state index in [2.05, 4.69) is 15.5 Å². The van der Waals surface area contributed by atoms with E-state index < -0.39 is 0 Å². The van der Waals surface area contributed by atoms with Gasteiger partial charge in [-0.05, 0) is 23.3 Å². The molecule has 0 aliphatic carbocycles. The van der Waals surface area contributed by atoms with Crippen molar-refractivity contribution in [2.45, 2.75) is 19.4 Å². The van der Waals surface area contributed by atoms with Crippen molar-refractivity contribution in [3.8, 4) is 0 Å². The predicted octanol–water partition coefficient (Wildman–Crippen LogP) is 3.47. The first-order chi connectivity index (χ1) is 12.6. The molecule has 2 heterocycles. The number of aromatic nitrogens is 2. The molecule has 1 aliphatic rings. The number of para-hydroxylation sites is 1. The van der Waals surface area contributed by atoms with Gasteiger partial charge in [0.1, 0.15) is 0 Å². The van der Waals surface area contributed by atoms with Gasteiger partial charge in [-0.2, -0.15) is 5.10 Å². The van der Waals surface area contributed by atoms with E-state index in [9.17, 15) is 9.59 Å². The van der Waals surface area contributed by atoms with Crippen molar-refractivity contribution in [1.82, 2.24) is 15.1 Å². The number of carbonyl (C=O) groups excluding carboxylic acids is 2. The Kier molecular flexibility index (Phi) is 4.01.